The van der Waals surface area contributed by atoms with Crippen molar-refractivity contribution in [2.24, 2.45) is 0 Å². The summed E-state index contributed by atoms with van der Waals surface area (Å²) in [6, 6.07) is 0. The summed E-state index contributed by atoms with van der Waals surface area (Å²) in [5, 5.41) is 2.65. The lowest BCUT2D eigenvalue weighted by atomic mass is 10.2. The van der Waals surface area contributed by atoms with Crippen molar-refractivity contribution in [3.8, 4) is 0 Å². The Hall–Kier alpha value is -1.14. The van der Waals surface area contributed by atoms with Crippen LogP contribution in [0.4, 0.5) is 0 Å². The van der Waals surface area contributed by atoms with E-state index < -0.39 is 0 Å². The van der Waals surface area contributed by atoms with Crippen LogP contribution >= 0.6 is 0 Å². The molecule has 0 bridgehead atoms. The summed E-state index contributed by atoms with van der Waals surface area (Å²) in [6.45, 7) is 7.28. The van der Waals surface area contributed by atoms with Crippen LogP contribution in [0.15, 0.2) is 0 Å². The van der Waals surface area contributed by atoms with Gasteiger partial charge >= 0.3 is 0 Å². The van der Waals surface area contributed by atoms with E-state index in [2.05, 4.69) is 17.1 Å². The lowest BCUT2D eigenvalue weighted by Gasteiger charge is -2.33. The van der Waals surface area contributed by atoms with Crippen molar-refractivity contribution in [3.05, 3.63) is 0 Å². The van der Waals surface area contributed by atoms with E-state index in [1.807, 2.05) is 0 Å². The summed E-state index contributed by atoms with van der Waals surface area (Å²) in [5.74, 6) is -0.310. The number of nitrogens with zero attached hydrogens (tertiary/aromatic N) is 2. The third-order valence-corrected chi connectivity index (χ3v) is 3.11. The van der Waals surface area contributed by atoms with Crippen molar-refractivity contribution in [2.75, 3.05) is 53.0 Å². The molecule has 1 heterocycles. The zero-order valence-electron chi connectivity index (χ0n) is 11.3. The molecular formula is C12H23N3O3. The molecule has 6 nitrogen and oxygen atoms in total. The average Bonchev–Trinajstić information content (AvgIpc) is 2.39. The second-order valence-electron chi connectivity index (χ2n) is 4.33. The predicted octanol–water partition coefficient (Wildman–Crippen LogP) is -0.697. The predicted molar refractivity (Wildman–Crippen MR) is 68.2 cm³/mol. The van der Waals surface area contributed by atoms with E-state index in [0.29, 0.717) is 13.2 Å². The molecule has 2 amide bonds. The first-order valence-corrected chi connectivity index (χ1v) is 6.43. The Balaban J connectivity index is 2.22. The summed E-state index contributed by atoms with van der Waals surface area (Å²) in [4.78, 5) is 27.4. The van der Waals surface area contributed by atoms with Crippen LogP contribution in [-0.2, 0) is 14.3 Å². The molecule has 18 heavy (non-hydrogen) atoms. The van der Waals surface area contributed by atoms with Crippen molar-refractivity contribution in [1.29, 1.82) is 0 Å². The van der Waals surface area contributed by atoms with Crippen LogP contribution < -0.4 is 5.32 Å². The van der Waals surface area contributed by atoms with Gasteiger partial charge in [0.2, 0.25) is 11.8 Å². The fourth-order valence-corrected chi connectivity index (χ4v) is 1.92. The van der Waals surface area contributed by atoms with Crippen molar-refractivity contribution >= 4 is 11.8 Å². The Morgan fingerprint density at radius 3 is 2.44 bits per heavy atom. The van der Waals surface area contributed by atoms with E-state index in [1.165, 1.54) is 0 Å². The maximum atomic E-state index is 11.9. The second kappa shape index (κ2) is 8.05. The number of amides is 2. The molecule has 1 rings (SSSR count). The van der Waals surface area contributed by atoms with Gasteiger partial charge in [-0.2, -0.15) is 0 Å². The Bertz CT molecular complexity index is 276. The fraction of sp³-hybridized carbons (Fsp3) is 0.833. The second-order valence-corrected chi connectivity index (χ2v) is 4.33. The number of likely N-dealkylation sites (N-methyl/N-ethyl adjacent to an activating group) is 1. The smallest absolute Gasteiger partial charge is 0.232 e. The topological polar surface area (TPSA) is 61.9 Å². The lowest BCUT2D eigenvalue weighted by Crippen LogP contribution is -2.49. The van der Waals surface area contributed by atoms with Crippen LogP contribution in [-0.4, -0.2) is 74.6 Å². The lowest BCUT2D eigenvalue weighted by molar-refractivity contribution is -0.137. The van der Waals surface area contributed by atoms with Gasteiger partial charge in [0.15, 0.2) is 0 Å². The number of piperazine rings is 1. The van der Waals surface area contributed by atoms with Gasteiger partial charge in [-0.3, -0.25) is 9.59 Å². The average molecular weight is 257 g/mol. The van der Waals surface area contributed by atoms with Crippen LogP contribution in [0.1, 0.15) is 13.3 Å². The number of nitrogens with one attached hydrogen (secondary N) is 1. The minimum Gasteiger partial charge on any atom is -0.383 e. The van der Waals surface area contributed by atoms with E-state index in [1.54, 1.807) is 12.0 Å². The molecule has 1 aliphatic heterocycles. The Labute approximate surface area is 108 Å². The first kappa shape index (κ1) is 14.9. The summed E-state index contributed by atoms with van der Waals surface area (Å²) in [5.41, 5.74) is 0. The minimum atomic E-state index is -0.227. The first-order valence-electron chi connectivity index (χ1n) is 6.43. The molecule has 1 N–H and O–H groups in total. The van der Waals surface area contributed by atoms with E-state index in [-0.39, 0.29) is 18.2 Å². The molecular weight excluding hydrogens is 234 g/mol. The highest BCUT2D eigenvalue weighted by Crippen LogP contribution is 2.03. The molecule has 1 fully saturated rings. The zero-order chi connectivity index (χ0) is 13.4. The Morgan fingerprint density at radius 2 is 1.89 bits per heavy atom. The largest absolute Gasteiger partial charge is 0.383 e. The highest BCUT2D eigenvalue weighted by atomic mass is 16.5. The summed E-state index contributed by atoms with van der Waals surface area (Å²) >= 11 is 0. The van der Waals surface area contributed by atoms with Crippen LogP contribution in [0.3, 0.4) is 0 Å². The third kappa shape index (κ3) is 5.01. The standard InChI is InChI=1S/C12H23N3O3/c1-3-14-5-7-15(8-6-14)12(17)10-11(16)13-4-9-18-2/h3-10H2,1-2H3,(H,13,16). The van der Waals surface area contributed by atoms with Gasteiger partial charge in [0.05, 0.1) is 6.61 Å². The maximum absolute atomic E-state index is 11.9. The molecule has 0 aromatic carbocycles. The molecule has 1 saturated heterocycles. The normalized spacial score (nSPS) is 16.7. The molecule has 1 aliphatic rings. The number of methoxy groups -OCH3 is 1. The van der Waals surface area contributed by atoms with Gasteiger partial charge in [-0.1, -0.05) is 6.92 Å². The molecule has 0 saturated carbocycles. The first-order chi connectivity index (χ1) is 8.67. The van der Waals surface area contributed by atoms with E-state index in [0.717, 1.165) is 32.7 Å². The summed E-state index contributed by atoms with van der Waals surface area (Å²) < 4.78 is 4.82. The van der Waals surface area contributed by atoms with Gasteiger partial charge in [0, 0.05) is 39.8 Å². The quantitative estimate of drug-likeness (QED) is 0.505. The van der Waals surface area contributed by atoms with Gasteiger partial charge in [0.1, 0.15) is 6.42 Å². The van der Waals surface area contributed by atoms with Crippen LogP contribution in [0, 0.1) is 0 Å². The Kier molecular flexibility index (Phi) is 6.67. The number of hydrogen-bond acceptors (Lipinski definition) is 4. The van der Waals surface area contributed by atoms with Gasteiger partial charge in [-0.25, -0.2) is 0 Å². The SMILES string of the molecule is CCN1CCN(C(=O)CC(=O)NCCOC)CC1. The van der Waals surface area contributed by atoms with E-state index >= 15 is 0 Å². The number of hydrogen-bond donors (Lipinski definition) is 1. The molecule has 0 radical (unpaired) electrons. The van der Waals surface area contributed by atoms with Crippen LogP contribution in [0.2, 0.25) is 0 Å². The van der Waals surface area contributed by atoms with Gasteiger partial charge in [-0.05, 0) is 6.54 Å². The highest BCUT2D eigenvalue weighted by Gasteiger charge is 2.21. The summed E-state index contributed by atoms with van der Waals surface area (Å²) in [6.07, 6.45) is -0.0597. The van der Waals surface area contributed by atoms with Crippen LogP contribution in [0.5, 0.6) is 0 Å². The molecule has 0 aromatic rings. The third-order valence-electron chi connectivity index (χ3n) is 3.11. The van der Waals surface area contributed by atoms with Gasteiger partial charge < -0.3 is 19.9 Å². The van der Waals surface area contributed by atoms with Gasteiger partial charge in [0.25, 0.3) is 0 Å². The molecule has 104 valence electrons. The van der Waals surface area contributed by atoms with Crippen molar-refractivity contribution in [1.82, 2.24) is 15.1 Å². The van der Waals surface area contributed by atoms with Crippen molar-refractivity contribution in [3.63, 3.8) is 0 Å². The van der Waals surface area contributed by atoms with E-state index in [9.17, 15) is 9.59 Å². The highest BCUT2D eigenvalue weighted by molar-refractivity contribution is 5.96. The van der Waals surface area contributed by atoms with Crippen LogP contribution in [0.25, 0.3) is 0 Å². The Morgan fingerprint density at radius 1 is 1.22 bits per heavy atom. The number of ether oxygens (including phenoxy) is 1. The molecule has 0 aromatic heterocycles. The molecule has 6 heteroatoms. The summed E-state index contributed by atoms with van der Waals surface area (Å²) in [7, 11) is 1.57. The molecule has 0 spiro atoms. The minimum absolute atomic E-state index is 0.0597. The van der Waals surface area contributed by atoms with Gasteiger partial charge in [-0.15, -0.1) is 0 Å². The number of carbonyl (C=O) groups excluding carboxylic acids is 2. The van der Waals surface area contributed by atoms with Crippen molar-refractivity contribution < 1.29 is 14.3 Å². The molecule has 0 unspecified atom stereocenters. The molecule has 0 atom stereocenters. The van der Waals surface area contributed by atoms with Crippen molar-refractivity contribution in [2.45, 2.75) is 13.3 Å². The fourth-order valence-electron chi connectivity index (χ4n) is 1.92. The zero-order valence-corrected chi connectivity index (χ0v) is 11.3. The number of carbonyl (C=O) groups is 2. The molecule has 0 aliphatic carbocycles. The maximum Gasteiger partial charge on any atom is 0.232 e. The number of rotatable bonds is 6. The monoisotopic (exact) mass is 257 g/mol. The van der Waals surface area contributed by atoms with E-state index in [4.69, 9.17) is 4.74 Å².